The molecule has 172 valence electrons. The van der Waals surface area contributed by atoms with Crippen LogP contribution in [0.2, 0.25) is 5.02 Å². The van der Waals surface area contributed by atoms with Gasteiger partial charge in [-0.25, -0.2) is 4.98 Å². The Kier molecular flexibility index (Phi) is 5.50. The molecule has 0 aliphatic carbocycles. The number of aromatic nitrogens is 1. The first-order chi connectivity index (χ1) is 16.3. The van der Waals surface area contributed by atoms with Crippen molar-refractivity contribution in [2.75, 3.05) is 11.5 Å². The molecule has 0 radical (unpaired) electrons. The van der Waals surface area contributed by atoms with E-state index in [4.69, 9.17) is 20.8 Å². The second-order valence-electron chi connectivity index (χ2n) is 7.86. The van der Waals surface area contributed by atoms with E-state index in [-0.39, 0.29) is 33.5 Å². The number of carbonyl (C=O) groups is 2. The van der Waals surface area contributed by atoms with E-state index in [1.807, 2.05) is 13.0 Å². The highest BCUT2D eigenvalue weighted by atomic mass is 35.5. The fourth-order valence-electron chi connectivity index (χ4n) is 4.21. The second kappa shape index (κ2) is 8.38. The van der Waals surface area contributed by atoms with Gasteiger partial charge >= 0.3 is 0 Å². The lowest BCUT2D eigenvalue weighted by Crippen LogP contribution is -2.29. The largest absolute Gasteiger partial charge is 0.494 e. The summed E-state index contributed by atoms with van der Waals surface area (Å²) in [5.41, 5.74) is 1.30. The zero-order chi connectivity index (χ0) is 24.1. The Morgan fingerprint density at radius 1 is 1.24 bits per heavy atom. The van der Waals surface area contributed by atoms with Gasteiger partial charge in [-0.2, -0.15) is 0 Å². The molecule has 0 spiro atoms. The fourth-order valence-corrected chi connectivity index (χ4v) is 5.37. The maximum absolute atomic E-state index is 13.7. The summed E-state index contributed by atoms with van der Waals surface area (Å²) in [6.45, 7) is 5.51. The fraction of sp³-hybridized carbons (Fsp3) is 0.200. The molecular weight excluding hydrogens is 476 g/mol. The summed E-state index contributed by atoms with van der Waals surface area (Å²) in [5.74, 6) is -0.0906. The molecule has 34 heavy (non-hydrogen) atoms. The van der Waals surface area contributed by atoms with E-state index in [0.717, 1.165) is 11.3 Å². The number of Topliss-reactive ketones (excluding diaryl/α,β-unsaturated/α-hetero) is 1. The Hall–Kier alpha value is -3.49. The number of anilines is 1. The van der Waals surface area contributed by atoms with Crippen molar-refractivity contribution >= 4 is 50.7 Å². The number of ketones is 1. The lowest BCUT2D eigenvalue weighted by molar-refractivity contribution is 0.0969. The third-order valence-electron chi connectivity index (χ3n) is 5.63. The van der Waals surface area contributed by atoms with Gasteiger partial charge in [0.15, 0.2) is 16.3 Å². The number of ether oxygens (including phenoxy) is 1. The van der Waals surface area contributed by atoms with Gasteiger partial charge in [-0.1, -0.05) is 35.1 Å². The van der Waals surface area contributed by atoms with E-state index in [2.05, 4.69) is 4.98 Å². The summed E-state index contributed by atoms with van der Waals surface area (Å²) in [6.07, 6.45) is 0. The van der Waals surface area contributed by atoms with Crippen molar-refractivity contribution < 1.29 is 18.7 Å². The Morgan fingerprint density at radius 3 is 2.74 bits per heavy atom. The van der Waals surface area contributed by atoms with Gasteiger partial charge in [0.05, 0.1) is 34.2 Å². The number of nitrogens with zero attached hydrogens (tertiary/aromatic N) is 2. The van der Waals surface area contributed by atoms with E-state index in [1.54, 1.807) is 37.3 Å². The average molecular weight is 495 g/mol. The van der Waals surface area contributed by atoms with Crippen LogP contribution in [0.5, 0.6) is 5.75 Å². The molecule has 3 heterocycles. The van der Waals surface area contributed by atoms with Crippen LogP contribution in [0.4, 0.5) is 5.13 Å². The molecule has 5 rings (SSSR count). The van der Waals surface area contributed by atoms with Crippen LogP contribution >= 0.6 is 22.9 Å². The van der Waals surface area contributed by atoms with Gasteiger partial charge in [0.25, 0.3) is 5.91 Å². The molecule has 2 aromatic carbocycles. The predicted molar refractivity (Wildman–Crippen MR) is 131 cm³/mol. The number of halogens is 1. The van der Waals surface area contributed by atoms with Crippen LogP contribution in [0, 0.1) is 6.92 Å². The summed E-state index contributed by atoms with van der Waals surface area (Å²) in [6, 6.07) is 11.1. The number of hydrogen-bond donors (Lipinski definition) is 0. The average Bonchev–Trinajstić information content (AvgIpc) is 3.32. The summed E-state index contributed by atoms with van der Waals surface area (Å²) in [5, 5.41) is 0.983. The lowest BCUT2D eigenvalue weighted by atomic mass is 9.98. The molecular formula is C25H19ClN2O5S. The number of carbonyl (C=O) groups excluding carboxylic acids is 2. The van der Waals surface area contributed by atoms with Crippen molar-refractivity contribution in [1.29, 1.82) is 0 Å². The topological polar surface area (TPSA) is 89.7 Å². The molecule has 0 saturated carbocycles. The quantitative estimate of drug-likeness (QED) is 0.337. The van der Waals surface area contributed by atoms with Crippen molar-refractivity contribution in [1.82, 2.24) is 4.98 Å². The molecule has 0 saturated heterocycles. The molecule has 4 aromatic rings. The van der Waals surface area contributed by atoms with Crippen molar-refractivity contribution in [3.8, 4) is 5.75 Å². The SMILES string of the molecule is CCOc1cccc(C2c3c(oc4ccc(Cl)cc4c3=O)C(=O)N2c2nc(C)c(C(C)=O)s2)c1. The van der Waals surface area contributed by atoms with Crippen LogP contribution in [0.15, 0.2) is 51.7 Å². The number of rotatable bonds is 5. The van der Waals surface area contributed by atoms with Crippen molar-refractivity contribution in [3.05, 3.63) is 85.2 Å². The minimum atomic E-state index is -0.812. The Morgan fingerprint density at radius 2 is 2.03 bits per heavy atom. The van der Waals surface area contributed by atoms with Crippen LogP contribution in [-0.2, 0) is 0 Å². The molecule has 1 atom stereocenters. The predicted octanol–water partition coefficient (Wildman–Crippen LogP) is 5.56. The Balaban J connectivity index is 1.79. The highest BCUT2D eigenvalue weighted by molar-refractivity contribution is 7.17. The maximum Gasteiger partial charge on any atom is 0.297 e. The summed E-state index contributed by atoms with van der Waals surface area (Å²) in [4.78, 5) is 45.8. The summed E-state index contributed by atoms with van der Waals surface area (Å²) < 4.78 is 11.6. The first-order valence-electron chi connectivity index (χ1n) is 10.6. The highest BCUT2D eigenvalue weighted by Crippen LogP contribution is 2.43. The van der Waals surface area contributed by atoms with E-state index >= 15 is 0 Å². The van der Waals surface area contributed by atoms with Gasteiger partial charge < -0.3 is 9.15 Å². The first kappa shape index (κ1) is 22.3. The van der Waals surface area contributed by atoms with Gasteiger partial charge in [0, 0.05) is 11.9 Å². The van der Waals surface area contributed by atoms with Crippen LogP contribution in [0.25, 0.3) is 11.0 Å². The molecule has 0 bridgehead atoms. The van der Waals surface area contributed by atoms with Crippen molar-refractivity contribution in [2.45, 2.75) is 26.8 Å². The maximum atomic E-state index is 13.7. The Labute approximate surface area is 203 Å². The molecule has 7 nitrogen and oxygen atoms in total. The molecule has 1 unspecified atom stereocenters. The first-order valence-corrected chi connectivity index (χ1v) is 11.8. The lowest BCUT2D eigenvalue weighted by Gasteiger charge is -2.23. The molecule has 2 aromatic heterocycles. The summed E-state index contributed by atoms with van der Waals surface area (Å²) in [7, 11) is 0. The van der Waals surface area contributed by atoms with Gasteiger partial charge in [0.1, 0.15) is 11.3 Å². The van der Waals surface area contributed by atoms with E-state index in [1.165, 1.54) is 17.9 Å². The van der Waals surface area contributed by atoms with Gasteiger partial charge in [0.2, 0.25) is 5.76 Å². The number of aryl methyl sites for hydroxylation is 1. The number of benzene rings is 2. The van der Waals surface area contributed by atoms with Gasteiger partial charge in [-0.3, -0.25) is 19.3 Å². The third kappa shape index (κ3) is 3.50. The normalized spacial score (nSPS) is 15.1. The minimum Gasteiger partial charge on any atom is -0.494 e. The molecule has 1 aliphatic heterocycles. The Bertz CT molecular complexity index is 1540. The van der Waals surface area contributed by atoms with Crippen molar-refractivity contribution in [2.24, 2.45) is 0 Å². The van der Waals surface area contributed by atoms with Crippen LogP contribution in [-0.4, -0.2) is 23.3 Å². The minimum absolute atomic E-state index is 0.0520. The zero-order valence-electron chi connectivity index (χ0n) is 18.5. The van der Waals surface area contributed by atoms with Crippen LogP contribution in [0.1, 0.15) is 56.9 Å². The standard InChI is InChI=1S/C25H19ClN2O5S/c1-4-32-16-7-5-6-14(10-16)20-19-21(30)17-11-15(26)8-9-18(17)33-22(19)24(31)28(20)25-27-12(2)23(34-25)13(3)29/h5-11,20H,4H2,1-3H3. The third-order valence-corrected chi connectivity index (χ3v) is 7.12. The van der Waals surface area contributed by atoms with Crippen molar-refractivity contribution in [3.63, 3.8) is 0 Å². The smallest absolute Gasteiger partial charge is 0.297 e. The summed E-state index contributed by atoms with van der Waals surface area (Å²) >= 11 is 7.25. The molecule has 1 amide bonds. The molecule has 0 N–H and O–H groups in total. The van der Waals surface area contributed by atoms with Crippen LogP contribution in [0.3, 0.4) is 0 Å². The van der Waals surface area contributed by atoms with Gasteiger partial charge in [-0.15, -0.1) is 0 Å². The number of hydrogen-bond acceptors (Lipinski definition) is 7. The molecule has 0 fully saturated rings. The van der Waals surface area contributed by atoms with Crippen LogP contribution < -0.4 is 15.1 Å². The van der Waals surface area contributed by atoms with E-state index < -0.39 is 11.9 Å². The highest BCUT2D eigenvalue weighted by Gasteiger charge is 2.45. The van der Waals surface area contributed by atoms with Gasteiger partial charge in [-0.05, 0) is 49.7 Å². The van der Waals surface area contributed by atoms with E-state index in [0.29, 0.717) is 38.6 Å². The zero-order valence-corrected chi connectivity index (χ0v) is 20.1. The second-order valence-corrected chi connectivity index (χ2v) is 9.28. The van der Waals surface area contributed by atoms with E-state index in [9.17, 15) is 14.4 Å². The molecule has 1 aliphatic rings. The monoisotopic (exact) mass is 494 g/mol. The molecule has 9 heteroatoms. The number of fused-ring (bicyclic) bond motifs is 2. The number of thiazole rings is 1. The number of amides is 1.